The minimum absolute atomic E-state index is 1.24. The zero-order chi connectivity index (χ0) is 18.6. The predicted octanol–water partition coefficient (Wildman–Crippen LogP) is -3.07. The van der Waals surface area contributed by atoms with E-state index >= 15 is 0 Å². The highest BCUT2D eigenvalue weighted by atomic mass is 31.3. The van der Waals surface area contributed by atoms with E-state index in [9.17, 15) is 33.8 Å². The molecular formula is C5H13O15P3. The molecule has 0 bridgehead atoms. The Morgan fingerprint density at radius 1 is 0.913 bits per heavy atom. The molecule has 0 aliphatic heterocycles. The molecule has 0 aromatic heterocycles. The highest BCUT2D eigenvalue weighted by Crippen LogP contribution is 2.57. The zero-order valence-corrected chi connectivity index (χ0v) is 13.4. The van der Waals surface area contributed by atoms with E-state index in [1.807, 2.05) is 0 Å². The van der Waals surface area contributed by atoms with Crippen LogP contribution in [0.3, 0.4) is 0 Å². The van der Waals surface area contributed by atoms with Crippen LogP contribution < -0.4 is 0 Å². The predicted molar refractivity (Wildman–Crippen MR) is 65.1 cm³/mol. The van der Waals surface area contributed by atoms with Crippen LogP contribution in [-0.4, -0.2) is 70.7 Å². The van der Waals surface area contributed by atoms with Gasteiger partial charge in [-0.3, -0.25) is 9.42 Å². The molecule has 0 amide bonds. The quantitative estimate of drug-likeness (QED) is 0.177. The Kier molecular flexibility index (Phi) is 8.14. The van der Waals surface area contributed by atoms with Gasteiger partial charge in [0.05, 0.1) is 6.61 Å². The van der Waals surface area contributed by atoms with Crippen LogP contribution in [0, 0.1) is 0 Å². The van der Waals surface area contributed by atoms with Crippen molar-refractivity contribution in [2.45, 2.75) is 18.3 Å². The number of aliphatic hydroxyl groups is 3. The SMILES string of the molecule is O=C(OP(=O)(O)OP(=O)(O)O)[C@H](O)[C@H](O)[C@H](O)COP(=O)(O)O. The van der Waals surface area contributed by atoms with Gasteiger partial charge in [-0.2, -0.15) is 4.31 Å². The molecule has 138 valence electrons. The van der Waals surface area contributed by atoms with Crippen molar-refractivity contribution in [2.75, 3.05) is 6.61 Å². The Morgan fingerprint density at radius 2 is 1.39 bits per heavy atom. The first kappa shape index (κ1) is 22.8. The van der Waals surface area contributed by atoms with Gasteiger partial charge < -0.3 is 39.4 Å². The molecule has 0 aliphatic carbocycles. The van der Waals surface area contributed by atoms with Gasteiger partial charge in [0.2, 0.25) is 0 Å². The molecule has 0 aromatic carbocycles. The number of phosphoric acid groups is 3. The molecule has 0 aliphatic rings. The summed E-state index contributed by atoms with van der Waals surface area (Å²) in [6.07, 6.45) is -7.48. The van der Waals surface area contributed by atoms with Crippen LogP contribution in [0.25, 0.3) is 0 Å². The molecule has 1 unspecified atom stereocenters. The number of hydrogen-bond acceptors (Lipinski definition) is 10. The molecule has 0 saturated heterocycles. The van der Waals surface area contributed by atoms with Crippen LogP contribution in [0.5, 0.6) is 0 Å². The largest absolute Gasteiger partial charge is 0.538 e. The van der Waals surface area contributed by atoms with Gasteiger partial charge in [0.1, 0.15) is 12.2 Å². The maximum Gasteiger partial charge on any atom is 0.538 e. The summed E-state index contributed by atoms with van der Waals surface area (Å²) < 4.78 is 42.2. The van der Waals surface area contributed by atoms with Crippen molar-refractivity contribution < 1.29 is 71.6 Å². The van der Waals surface area contributed by atoms with Crippen LogP contribution in [-0.2, 0) is 31.8 Å². The lowest BCUT2D eigenvalue weighted by atomic mass is 10.1. The van der Waals surface area contributed by atoms with Crippen molar-refractivity contribution in [1.29, 1.82) is 0 Å². The Labute approximate surface area is 127 Å². The molecule has 0 fully saturated rings. The fourth-order valence-electron chi connectivity index (χ4n) is 0.941. The third-order valence-corrected chi connectivity index (χ3v) is 4.36. The first-order valence-electron chi connectivity index (χ1n) is 5.11. The van der Waals surface area contributed by atoms with E-state index in [1.165, 1.54) is 0 Å². The van der Waals surface area contributed by atoms with Crippen LogP contribution in [0.4, 0.5) is 0 Å². The second kappa shape index (κ2) is 8.23. The van der Waals surface area contributed by atoms with Gasteiger partial charge in [-0.25, -0.2) is 18.5 Å². The molecule has 18 heteroatoms. The number of aliphatic hydroxyl groups excluding tert-OH is 3. The van der Waals surface area contributed by atoms with E-state index in [4.69, 9.17) is 24.5 Å². The summed E-state index contributed by atoms with van der Waals surface area (Å²) in [6.45, 7) is -1.24. The van der Waals surface area contributed by atoms with Gasteiger partial charge in [-0.05, 0) is 0 Å². The number of carbonyl (C=O) groups is 1. The van der Waals surface area contributed by atoms with E-state index < -0.39 is 54.4 Å². The first-order chi connectivity index (χ1) is 10.0. The fraction of sp³-hybridized carbons (Fsp3) is 0.800. The van der Waals surface area contributed by atoms with Gasteiger partial charge in [-0.1, -0.05) is 0 Å². The average molecular weight is 406 g/mol. The first-order valence-corrected chi connectivity index (χ1v) is 9.67. The Balaban J connectivity index is 4.73. The lowest BCUT2D eigenvalue weighted by Crippen LogP contribution is -2.44. The number of phosphoric ester groups is 2. The molecule has 0 aromatic rings. The molecule has 15 nitrogen and oxygen atoms in total. The van der Waals surface area contributed by atoms with Gasteiger partial charge in [0.15, 0.2) is 6.10 Å². The number of rotatable bonds is 9. The standard InChI is InChI=1S/C5H13O15P3/c6-2(1-18-21(10,11)12)3(7)4(8)5(9)19-23(16,17)20-22(13,14)15/h2-4,6-8H,1H2,(H,16,17)(H2,10,11,12)(H2,13,14,15)/t2-,3-,4-/m1/s1. The van der Waals surface area contributed by atoms with Crippen molar-refractivity contribution in [3.63, 3.8) is 0 Å². The van der Waals surface area contributed by atoms with Crippen LogP contribution in [0.1, 0.15) is 0 Å². The Bertz CT molecular complexity index is 545. The minimum atomic E-state index is -5.66. The summed E-state index contributed by atoms with van der Waals surface area (Å²) in [7, 11) is -16.2. The summed E-state index contributed by atoms with van der Waals surface area (Å²) in [5.74, 6) is -2.13. The summed E-state index contributed by atoms with van der Waals surface area (Å²) >= 11 is 0. The fourth-order valence-corrected chi connectivity index (χ4v) is 2.83. The van der Waals surface area contributed by atoms with E-state index in [0.29, 0.717) is 0 Å². The monoisotopic (exact) mass is 406 g/mol. The van der Waals surface area contributed by atoms with E-state index in [-0.39, 0.29) is 0 Å². The highest BCUT2D eigenvalue weighted by Gasteiger charge is 2.40. The van der Waals surface area contributed by atoms with Crippen molar-refractivity contribution >= 4 is 29.4 Å². The second-order valence-corrected chi connectivity index (χ2v) is 7.73. The summed E-state index contributed by atoms with van der Waals surface area (Å²) in [5, 5.41) is 27.7. The topological polar surface area (TPSA) is 258 Å². The maximum absolute atomic E-state index is 11.2. The van der Waals surface area contributed by atoms with Gasteiger partial charge in [0.25, 0.3) is 0 Å². The third kappa shape index (κ3) is 10.3. The minimum Gasteiger partial charge on any atom is -0.388 e. The van der Waals surface area contributed by atoms with Crippen molar-refractivity contribution in [3.05, 3.63) is 0 Å². The number of hydrogen-bond donors (Lipinski definition) is 8. The van der Waals surface area contributed by atoms with Crippen LogP contribution in [0.2, 0.25) is 0 Å². The van der Waals surface area contributed by atoms with Crippen molar-refractivity contribution in [2.24, 2.45) is 0 Å². The summed E-state index contributed by atoms with van der Waals surface area (Å²) in [4.78, 5) is 53.2. The van der Waals surface area contributed by atoms with Crippen molar-refractivity contribution in [3.8, 4) is 0 Å². The van der Waals surface area contributed by atoms with Gasteiger partial charge in [0, 0.05) is 0 Å². The second-order valence-electron chi connectivity index (χ2n) is 3.74. The molecule has 23 heavy (non-hydrogen) atoms. The molecule has 8 N–H and O–H groups in total. The normalized spacial score (nSPS) is 19.5. The average Bonchev–Trinajstić information content (AvgIpc) is 2.29. The summed E-state index contributed by atoms with van der Waals surface area (Å²) in [6, 6.07) is 0. The molecule has 0 heterocycles. The van der Waals surface area contributed by atoms with Crippen LogP contribution >= 0.6 is 23.5 Å². The maximum atomic E-state index is 11.2. The van der Waals surface area contributed by atoms with E-state index in [1.54, 1.807) is 0 Å². The summed E-state index contributed by atoms with van der Waals surface area (Å²) in [5.41, 5.74) is 0. The lowest BCUT2D eigenvalue weighted by molar-refractivity contribution is -0.157. The van der Waals surface area contributed by atoms with Crippen molar-refractivity contribution in [1.82, 2.24) is 0 Å². The zero-order valence-electron chi connectivity index (χ0n) is 10.7. The Morgan fingerprint density at radius 3 is 1.78 bits per heavy atom. The molecular weight excluding hydrogens is 393 g/mol. The van der Waals surface area contributed by atoms with E-state index in [0.717, 1.165) is 0 Å². The molecule has 0 radical (unpaired) electrons. The molecule has 4 atom stereocenters. The smallest absolute Gasteiger partial charge is 0.388 e. The lowest BCUT2D eigenvalue weighted by Gasteiger charge is -2.22. The molecule has 0 rings (SSSR count). The van der Waals surface area contributed by atoms with E-state index in [2.05, 4.69) is 13.4 Å². The van der Waals surface area contributed by atoms with Gasteiger partial charge >= 0.3 is 29.4 Å². The molecule has 0 saturated carbocycles. The number of carbonyl (C=O) groups excluding carboxylic acids is 1. The van der Waals surface area contributed by atoms with Crippen LogP contribution in [0.15, 0.2) is 0 Å². The van der Waals surface area contributed by atoms with Gasteiger partial charge in [-0.15, -0.1) is 0 Å². The highest BCUT2D eigenvalue weighted by molar-refractivity contribution is 7.61. The third-order valence-electron chi connectivity index (χ3n) is 1.79. The Hall–Kier alpha value is -0.240. The molecule has 0 spiro atoms.